The summed E-state index contributed by atoms with van der Waals surface area (Å²) in [6.07, 6.45) is 4.59. The topological polar surface area (TPSA) is 28.2 Å². The fraction of sp³-hybridized carbons (Fsp3) is 0.615. The number of anilines is 1. The minimum Gasteiger partial charge on any atom is -0.354 e. The lowest BCUT2D eigenvalue weighted by atomic mass is 9.94. The minimum absolute atomic E-state index is 0.675. The molecule has 2 fully saturated rings. The first kappa shape index (κ1) is 11.5. The second kappa shape index (κ2) is 4.58. The van der Waals surface area contributed by atoms with Crippen molar-refractivity contribution in [3.63, 3.8) is 0 Å². The third-order valence-corrected chi connectivity index (χ3v) is 4.35. The van der Waals surface area contributed by atoms with E-state index in [0.717, 1.165) is 29.3 Å². The monoisotopic (exact) mass is 295 g/mol. The van der Waals surface area contributed by atoms with Gasteiger partial charge in [0.05, 0.1) is 0 Å². The van der Waals surface area contributed by atoms with Crippen LogP contribution in [0.3, 0.4) is 0 Å². The molecule has 3 heterocycles. The summed E-state index contributed by atoms with van der Waals surface area (Å²) in [6.45, 7) is 5.59. The van der Waals surface area contributed by atoms with Crippen molar-refractivity contribution >= 4 is 21.7 Å². The first-order valence-electron chi connectivity index (χ1n) is 6.34. The van der Waals surface area contributed by atoms with E-state index >= 15 is 0 Å². The number of rotatable bonds is 1. The van der Waals surface area contributed by atoms with E-state index in [1.54, 1.807) is 0 Å². The third-order valence-electron chi connectivity index (χ3n) is 3.92. The van der Waals surface area contributed by atoms with E-state index < -0.39 is 0 Å². The third kappa shape index (κ3) is 2.20. The van der Waals surface area contributed by atoms with E-state index in [0.29, 0.717) is 6.04 Å². The van der Waals surface area contributed by atoms with E-state index in [1.165, 1.54) is 24.9 Å². The molecule has 1 aromatic heterocycles. The first-order chi connectivity index (χ1) is 8.24. The van der Waals surface area contributed by atoms with E-state index in [1.807, 2.05) is 6.20 Å². The van der Waals surface area contributed by atoms with Gasteiger partial charge in [-0.15, -0.1) is 0 Å². The predicted octanol–water partition coefficient (Wildman–Crippen LogP) is 2.34. The molecule has 0 amide bonds. The zero-order valence-corrected chi connectivity index (χ0v) is 11.7. The Hall–Kier alpha value is -0.610. The molecule has 0 radical (unpaired) electrons. The number of aryl methyl sites for hydroxylation is 1. The van der Waals surface area contributed by atoms with Gasteiger partial charge in [-0.3, -0.25) is 0 Å². The molecule has 0 bridgehead atoms. The first-order valence-corrected chi connectivity index (χ1v) is 7.14. The van der Waals surface area contributed by atoms with Crippen LogP contribution in [0.4, 0.5) is 5.82 Å². The molecule has 3 nitrogen and oxygen atoms in total. The van der Waals surface area contributed by atoms with Gasteiger partial charge in [-0.05, 0) is 59.8 Å². The van der Waals surface area contributed by atoms with Gasteiger partial charge >= 0.3 is 0 Å². The molecule has 0 aliphatic carbocycles. The summed E-state index contributed by atoms with van der Waals surface area (Å²) in [7, 11) is 0. The fourth-order valence-corrected chi connectivity index (χ4v) is 3.53. The Morgan fingerprint density at radius 3 is 3.12 bits per heavy atom. The number of aromatic nitrogens is 1. The zero-order valence-electron chi connectivity index (χ0n) is 10.1. The number of piperidine rings is 1. The molecule has 0 aromatic carbocycles. The second-order valence-corrected chi connectivity index (χ2v) is 6.08. The molecule has 1 aromatic rings. The van der Waals surface area contributed by atoms with Crippen LogP contribution in [0.2, 0.25) is 0 Å². The van der Waals surface area contributed by atoms with Gasteiger partial charge in [-0.25, -0.2) is 4.98 Å². The van der Waals surface area contributed by atoms with Crippen LogP contribution in [0.1, 0.15) is 18.4 Å². The van der Waals surface area contributed by atoms with Gasteiger partial charge in [0.15, 0.2) is 0 Å². The van der Waals surface area contributed by atoms with Crippen LogP contribution in [0.5, 0.6) is 0 Å². The standard InChI is InChI=1S/C13H18BrN3/c1-9-5-11(14)6-16-13(9)17-7-10-3-2-4-15-12(10)8-17/h5-6,10,12,15H,2-4,7-8H2,1H3. The highest BCUT2D eigenvalue weighted by Crippen LogP contribution is 2.30. The molecule has 2 unspecified atom stereocenters. The van der Waals surface area contributed by atoms with Crippen LogP contribution in [-0.2, 0) is 0 Å². The summed E-state index contributed by atoms with van der Waals surface area (Å²) >= 11 is 3.47. The Bertz CT molecular complexity index is 407. The number of halogens is 1. The molecule has 1 N–H and O–H groups in total. The highest BCUT2D eigenvalue weighted by Gasteiger charge is 2.35. The van der Waals surface area contributed by atoms with Crippen molar-refractivity contribution in [2.45, 2.75) is 25.8 Å². The van der Waals surface area contributed by atoms with Crippen molar-refractivity contribution < 1.29 is 0 Å². The molecule has 2 atom stereocenters. The fourth-order valence-electron chi connectivity index (χ4n) is 3.08. The largest absolute Gasteiger partial charge is 0.354 e. The van der Waals surface area contributed by atoms with Gasteiger partial charge in [0.1, 0.15) is 5.82 Å². The van der Waals surface area contributed by atoms with Gasteiger partial charge in [-0.1, -0.05) is 0 Å². The number of pyridine rings is 1. The van der Waals surface area contributed by atoms with Crippen LogP contribution in [0, 0.1) is 12.8 Å². The molecular weight excluding hydrogens is 278 g/mol. The van der Waals surface area contributed by atoms with Gasteiger partial charge in [0.25, 0.3) is 0 Å². The quantitative estimate of drug-likeness (QED) is 0.862. The number of nitrogens with one attached hydrogen (secondary N) is 1. The minimum atomic E-state index is 0.675. The molecule has 2 aliphatic heterocycles. The van der Waals surface area contributed by atoms with Gasteiger partial charge in [0.2, 0.25) is 0 Å². The summed E-state index contributed by atoms with van der Waals surface area (Å²) < 4.78 is 1.06. The summed E-state index contributed by atoms with van der Waals surface area (Å²) in [5, 5.41) is 3.63. The van der Waals surface area contributed by atoms with Crippen LogP contribution >= 0.6 is 15.9 Å². The number of hydrogen-bond acceptors (Lipinski definition) is 3. The molecule has 92 valence electrons. The van der Waals surface area contributed by atoms with Crippen LogP contribution < -0.4 is 10.2 Å². The maximum atomic E-state index is 4.57. The summed E-state index contributed by atoms with van der Waals surface area (Å²) in [5.74, 6) is 1.97. The average Bonchev–Trinajstić information content (AvgIpc) is 2.72. The lowest BCUT2D eigenvalue weighted by molar-refractivity contribution is 0.340. The Kier molecular flexibility index (Phi) is 3.09. The maximum absolute atomic E-state index is 4.57. The summed E-state index contributed by atoms with van der Waals surface area (Å²) in [5.41, 5.74) is 1.26. The van der Waals surface area contributed by atoms with E-state index in [9.17, 15) is 0 Å². The normalized spacial score (nSPS) is 28.2. The molecule has 0 saturated carbocycles. The summed E-state index contributed by atoms with van der Waals surface area (Å²) in [4.78, 5) is 7.01. The van der Waals surface area contributed by atoms with Crippen molar-refractivity contribution in [1.82, 2.24) is 10.3 Å². The number of nitrogens with zero attached hydrogens (tertiary/aromatic N) is 2. The molecule has 4 heteroatoms. The van der Waals surface area contributed by atoms with Crippen molar-refractivity contribution in [3.05, 3.63) is 22.3 Å². The van der Waals surface area contributed by atoms with Gasteiger partial charge in [0, 0.05) is 29.8 Å². The Morgan fingerprint density at radius 2 is 2.35 bits per heavy atom. The van der Waals surface area contributed by atoms with Crippen molar-refractivity contribution in [2.75, 3.05) is 24.5 Å². The van der Waals surface area contributed by atoms with Crippen LogP contribution in [0.25, 0.3) is 0 Å². The lowest BCUT2D eigenvalue weighted by Crippen LogP contribution is -2.40. The second-order valence-electron chi connectivity index (χ2n) is 5.16. The number of hydrogen-bond donors (Lipinski definition) is 1. The highest BCUT2D eigenvalue weighted by molar-refractivity contribution is 9.10. The Balaban J connectivity index is 1.81. The van der Waals surface area contributed by atoms with Crippen LogP contribution in [-0.4, -0.2) is 30.7 Å². The summed E-state index contributed by atoms with van der Waals surface area (Å²) in [6, 6.07) is 2.83. The van der Waals surface area contributed by atoms with Gasteiger partial charge < -0.3 is 10.2 Å². The van der Waals surface area contributed by atoms with E-state index in [-0.39, 0.29) is 0 Å². The van der Waals surface area contributed by atoms with E-state index in [4.69, 9.17) is 0 Å². The SMILES string of the molecule is Cc1cc(Br)cnc1N1CC2CCCNC2C1. The maximum Gasteiger partial charge on any atom is 0.131 e. The predicted molar refractivity (Wildman–Crippen MR) is 73.4 cm³/mol. The van der Waals surface area contributed by atoms with Crippen LogP contribution in [0.15, 0.2) is 16.7 Å². The Labute approximate surface area is 111 Å². The molecule has 2 aliphatic rings. The smallest absolute Gasteiger partial charge is 0.131 e. The lowest BCUT2D eigenvalue weighted by Gasteiger charge is -2.24. The Morgan fingerprint density at radius 1 is 1.47 bits per heavy atom. The average molecular weight is 296 g/mol. The van der Waals surface area contributed by atoms with E-state index in [2.05, 4.69) is 44.1 Å². The van der Waals surface area contributed by atoms with Crippen molar-refractivity contribution in [1.29, 1.82) is 0 Å². The molecule has 0 spiro atoms. The van der Waals surface area contributed by atoms with Gasteiger partial charge in [-0.2, -0.15) is 0 Å². The zero-order chi connectivity index (χ0) is 11.8. The number of fused-ring (bicyclic) bond motifs is 1. The van der Waals surface area contributed by atoms with Crippen molar-refractivity contribution in [2.24, 2.45) is 5.92 Å². The molecule has 3 rings (SSSR count). The molecule has 17 heavy (non-hydrogen) atoms. The molecular formula is C13H18BrN3. The van der Waals surface area contributed by atoms with Crippen molar-refractivity contribution in [3.8, 4) is 0 Å². The highest BCUT2D eigenvalue weighted by atomic mass is 79.9. The molecule has 2 saturated heterocycles.